The van der Waals surface area contributed by atoms with E-state index in [1.807, 2.05) is 6.07 Å². The molecular weight excluding hydrogens is 377 g/mol. The topological polar surface area (TPSA) is 90.8 Å². The smallest absolute Gasteiger partial charge is 0.237 e. The molecule has 5 nitrogen and oxygen atoms in total. The minimum atomic E-state index is -1.18. The van der Waals surface area contributed by atoms with Gasteiger partial charge >= 0.3 is 0 Å². The Balaban J connectivity index is 2.15. The van der Waals surface area contributed by atoms with Gasteiger partial charge in [0.1, 0.15) is 17.0 Å². The quantitative estimate of drug-likeness (QED) is 0.602. The Bertz CT molecular complexity index is 900. The first-order valence-corrected chi connectivity index (χ1v) is 8.98. The number of halogens is 2. The van der Waals surface area contributed by atoms with Crippen molar-refractivity contribution in [2.45, 2.75) is 17.2 Å². The van der Waals surface area contributed by atoms with Crippen molar-refractivity contribution in [3.8, 4) is 6.07 Å². The molecule has 2 aromatic rings. The Morgan fingerprint density at radius 3 is 2.46 bits per heavy atom. The van der Waals surface area contributed by atoms with Gasteiger partial charge in [-0.15, -0.1) is 0 Å². The molecule has 0 spiro atoms. The number of nitro groups is 1. The zero-order valence-electron chi connectivity index (χ0n) is 13.3. The van der Waals surface area contributed by atoms with Crippen LogP contribution < -0.4 is 0 Å². The summed E-state index contributed by atoms with van der Waals surface area (Å²) in [7, 11) is 0. The maximum absolute atomic E-state index is 13.3. The molecular formula is C18H13ClFN3O2S. The zero-order chi connectivity index (χ0) is 18.8. The van der Waals surface area contributed by atoms with E-state index in [9.17, 15) is 19.8 Å². The number of nitriles is 1. The van der Waals surface area contributed by atoms with Crippen molar-refractivity contribution in [3.63, 3.8) is 0 Å². The van der Waals surface area contributed by atoms with Crippen LogP contribution >= 0.6 is 23.4 Å². The highest BCUT2D eigenvalue weighted by atomic mass is 35.5. The fraction of sp³-hybridized carbons (Fsp3) is 0.222. The highest BCUT2D eigenvalue weighted by Gasteiger charge is 2.52. The monoisotopic (exact) mass is 389 g/mol. The molecule has 0 saturated carbocycles. The van der Waals surface area contributed by atoms with E-state index in [1.165, 1.54) is 24.3 Å². The number of hydrogen-bond donors (Lipinski definition) is 1. The van der Waals surface area contributed by atoms with E-state index in [1.54, 1.807) is 24.3 Å². The third kappa shape index (κ3) is 3.30. The Labute approximate surface area is 158 Å². The van der Waals surface area contributed by atoms with Gasteiger partial charge in [-0.1, -0.05) is 53.7 Å². The predicted molar refractivity (Wildman–Crippen MR) is 98.5 cm³/mol. The number of benzene rings is 2. The first kappa shape index (κ1) is 18.4. The number of thioether (sulfide) groups is 1. The molecule has 8 heteroatoms. The van der Waals surface area contributed by atoms with Gasteiger partial charge in [0.05, 0.1) is 17.0 Å². The van der Waals surface area contributed by atoms with E-state index in [4.69, 9.17) is 17.0 Å². The van der Waals surface area contributed by atoms with Crippen LogP contribution in [0.15, 0.2) is 48.5 Å². The fourth-order valence-electron chi connectivity index (χ4n) is 3.24. The van der Waals surface area contributed by atoms with Crippen LogP contribution in [0.3, 0.4) is 0 Å². The summed E-state index contributed by atoms with van der Waals surface area (Å²) in [6, 6.07) is 12.9. The second kappa shape index (κ2) is 7.44. The van der Waals surface area contributed by atoms with Gasteiger partial charge in [-0.3, -0.25) is 15.5 Å². The lowest BCUT2D eigenvalue weighted by molar-refractivity contribution is -0.528. The Morgan fingerprint density at radius 1 is 1.23 bits per heavy atom. The lowest BCUT2D eigenvalue weighted by atomic mass is 9.78. The minimum absolute atomic E-state index is 0.0462. The molecule has 1 fully saturated rings. The summed E-state index contributed by atoms with van der Waals surface area (Å²) in [5, 5.41) is 29.4. The summed E-state index contributed by atoms with van der Waals surface area (Å²) in [4.78, 5) is 11.5. The molecule has 1 heterocycles. The standard InChI is InChI=1S/C18H13ClFN3O2S/c19-14-4-2-1-3-12(14)15-13(9-21)18(22)26-17(16(15)23(24)25)10-5-7-11(20)8-6-10/h1-8,13,15-17,22H/t13?,15-,16-,17-/m0/s1. The van der Waals surface area contributed by atoms with Crippen LogP contribution in [-0.2, 0) is 0 Å². The third-order valence-electron chi connectivity index (χ3n) is 4.42. The van der Waals surface area contributed by atoms with E-state index >= 15 is 0 Å². The van der Waals surface area contributed by atoms with Crippen molar-refractivity contribution < 1.29 is 9.31 Å². The molecule has 132 valence electrons. The van der Waals surface area contributed by atoms with Crippen molar-refractivity contribution in [1.82, 2.24) is 0 Å². The molecule has 1 saturated heterocycles. The molecule has 0 amide bonds. The van der Waals surface area contributed by atoms with Crippen molar-refractivity contribution in [1.29, 1.82) is 10.7 Å². The van der Waals surface area contributed by atoms with Crippen LogP contribution in [0.2, 0.25) is 5.02 Å². The number of rotatable bonds is 3. The number of hydrogen-bond acceptors (Lipinski definition) is 5. The molecule has 0 bridgehead atoms. The number of nitrogens with zero attached hydrogens (tertiary/aromatic N) is 2. The lowest BCUT2D eigenvalue weighted by Crippen LogP contribution is -2.42. The maximum Gasteiger partial charge on any atom is 0.237 e. The molecule has 1 N–H and O–H groups in total. The fourth-order valence-corrected chi connectivity index (χ4v) is 4.82. The maximum atomic E-state index is 13.3. The largest absolute Gasteiger partial charge is 0.297 e. The highest BCUT2D eigenvalue weighted by molar-refractivity contribution is 8.14. The predicted octanol–water partition coefficient (Wildman–Crippen LogP) is 4.81. The van der Waals surface area contributed by atoms with Gasteiger partial charge in [0.2, 0.25) is 6.04 Å². The van der Waals surface area contributed by atoms with Crippen molar-refractivity contribution in [2.24, 2.45) is 5.92 Å². The van der Waals surface area contributed by atoms with Crippen molar-refractivity contribution >= 4 is 28.4 Å². The summed E-state index contributed by atoms with van der Waals surface area (Å²) in [5.74, 6) is -2.28. The third-order valence-corrected chi connectivity index (χ3v) is 6.08. The van der Waals surface area contributed by atoms with Gasteiger partial charge in [0.25, 0.3) is 0 Å². The molecule has 1 aliphatic rings. The summed E-state index contributed by atoms with van der Waals surface area (Å²) in [5.41, 5.74) is 1.01. The molecule has 0 aromatic heterocycles. The second-order valence-corrected chi connectivity index (χ2v) is 7.47. The molecule has 2 aromatic carbocycles. The molecule has 0 radical (unpaired) electrons. The van der Waals surface area contributed by atoms with Gasteiger partial charge in [-0.2, -0.15) is 5.26 Å². The number of nitrogens with one attached hydrogen (secondary N) is 1. The van der Waals surface area contributed by atoms with E-state index < -0.39 is 33.9 Å². The summed E-state index contributed by atoms with van der Waals surface area (Å²) in [6.45, 7) is 0. The van der Waals surface area contributed by atoms with Crippen LogP contribution in [-0.4, -0.2) is 16.0 Å². The molecule has 3 rings (SSSR count). The van der Waals surface area contributed by atoms with E-state index in [0.717, 1.165) is 11.8 Å². The molecule has 4 atom stereocenters. The van der Waals surface area contributed by atoms with Gasteiger partial charge in [0.15, 0.2) is 0 Å². The molecule has 0 aliphatic carbocycles. The molecule has 1 unspecified atom stereocenters. The zero-order valence-corrected chi connectivity index (χ0v) is 14.9. The van der Waals surface area contributed by atoms with Gasteiger partial charge < -0.3 is 0 Å². The first-order chi connectivity index (χ1) is 12.4. The summed E-state index contributed by atoms with van der Waals surface area (Å²) >= 11 is 7.23. The lowest BCUT2D eigenvalue weighted by Gasteiger charge is -2.36. The van der Waals surface area contributed by atoms with Crippen molar-refractivity contribution in [3.05, 3.63) is 80.6 Å². The average Bonchev–Trinajstić information content (AvgIpc) is 2.61. The van der Waals surface area contributed by atoms with Crippen LogP contribution in [0.5, 0.6) is 0 Å². The highest BCUT2D eigenvalue weighted by Crippen LogP contribution is 2.51. The van der Waals surface area contributed by atoms with Crippen LogP contribution in [0.1, 0.15) is 22.3 Å². The summed E-state index contributed by atoms with van der Waals surface area (Å²) in [6.07, 6.45) is 0. The summed E-state index contributed by atoms with van der Waals surface area (Å²) < 4.78 is 13.3. The van der Waals surface area contributed by atoms with Gasteiger partial charge in [-0.05, 0) is 29.3 Å². The Kier molecular flexibility index (Phi) is 5.25. The average molecular weight is 390 g/mol. The first-order valence-electron chi connectivity index (χ1n) is 7.72. The van der Waals surface area contributed by atoms with E-state index in [2.05, 4.69) is 0 Å². The Morgan fingerprint density at radius 2 is 1.88 bits per heavy atom. The SMILES string of the molecule is N#CC1C(=N)S[C@@H](c2ccc(F)cc2)[C@@H]([N+](=O)[O-])[C@H]1c1ccccc1Cl. The Hall–Kier alpha value is -2.43. The van der Waals surface area contributed by atoms with E-state index in [-0.39, 0.29) is 5.04 Å². The van der Waals surface area contributed by atoms with Crippen LogP contribution in [0.25, 0.3) is 0 Å². The van der Waals surface area contributed by atoms with Crippen LogP contribution in [0, 0.1) is 38.6 Å². The van der Waals surface area contributed by atoms with Gasteiger partial charge in [0, 0.05) is 9.95 Å². The second-order valence-electron chi connectivity index (χ2n) is 5.88. The van der Waals surface area contributed by atoms with Crippen LogP contribution in [0.4, 0.5) is 4.39 Å². The molecule has 1 aliphatic heterocycles. The minimum Gasteiger partial charge on any atom is -0.297 e. The normalized spacial score (nSPS) is 25.5. The van der Waals surface area contributed by atoms with E-state index in [0.29, 0.717) is 16.1 Å². The molecule has 26 heavy (non-hydrogen) atoms. The van der Waals surface area contributed by atoms with Crippen molar-refractivity contribution in [2.75, 3.05) is 0 Å². The van der Waals surface area contributed by atoms with Gasteiger partial charge in [-0.25, -0.2) is 4.39 Å².